The summed E-state index contributed by atoms with van der Waals surface area (Å²) >= 11 is 5.86. The van der Waals surface area contributed by atoms with Crippen molar-refractivity contribution in [3.63, 3.8) is 0 Å². The van der Waals surface area contributed by atoms with Gasteiger partial charge in [-0.05, 0) is 18.2 Å². The van der Waals surface area contributed by atoms with Gasteiger partial charge in [0.1, 0.15) is 17.5 Å². The minimum Gasteiger partial charge on any atom is -0.439 e. The number of hydrogen-bond acceptors (Lipinski definition) is 4. The molecule has 0 bridgehead atoms. The normalized spacial score (nSPS) is 9.65. The molecule has 0 radical (unpaired) electrons. The number of halogens is 1. The molecule has 0 saturated heterocycles. The van der Waals surface area contributed by atoms with E-state index < -0.39 is 0 Å². The number of nitrogens with zero attached hydrogens (tertiary/aromatic N) is 2. The average Bonchev–Trinajstić information content (AvgIpc) is 2.34. The van der Waals surface area contributed by atoms with Gasteiger partial charge in [0.15, 0.2) is 0 Å². The molecule has 1 aromatic carbocycles. The van der Waals surface area contributed by atoms with Crippen molar-refractivity contribution in [2.75, 3.05) is 5.73 Å². The number of nitrogens with two attached hydrogens (primary N) is 1. The highest BCUT2D eigenvalue weighted by molar-refractivity contribution is 6.33. The second-order valence-electron chi connectivity index (χ2n) is 3.26. The third-order valence-corrected chi connectivity index (χ3v) is 2.36. The van der Waals surface area contributed by atoms with Gasteiger partial charge in [0.25, 0.3) is 0 Å². The van der Waals surface area contributed by atoms with Crippen molar-refractivity contribution >= 4 is 17.3 Å². The van der Waals surface area contributed by atoms with Crippen LogP contribution in [0.15, 0.2) is 36.4 Å². The number of anilines is 1. The molecule has 5 heteroatoms. The van der Waals surface area contributed by atoms with Gasteiger partial charge in [-0.25, -0.2) is 4.98 Å². The van der Waals surface area contributed by atoms with Gasteiger partial charge in [0.2, 0.25) is 5.88 Å². The highest BCUT2D eigenvalue weighted by atomic mass is 35.5. The molecule has 17 heavy (non-hydrogen) atoms. The van der Waals surface area contributed by atoms with Crippen molar-refractivity contribution < 1.29 is 4.74 Å². The minimum atomic E-state index is 0.295. The maximum Gasteiger partial charge on any atom is 0.220 e. The fourth-order valence-electron chi connectivity index (χ4n) is 1.23. The van der Waals surface area contributed by atoms with E-state index in [1.807, 2.05) is 6.07 Å². The molecule has 4 nitrogen and oxygen atoms in total. The van der Waals surface area contributed by atoms with E-state index in [4.69, 9.17) is 27.3 Å². The standard InChI is InChI=1S/C12H8ClN3O/c13-10-6-9(4-5-11(10)15)17-12-3-1-2-8(7-14)16-12/h1-6H,15H2. The summed E-state index contributed by atoms with van der Waals surface area (Å²) in [5, 5.41) is 9.12. The van der Waals surface area contributed by atoms with Crippen molar-refractivity contribution in [1.29, 1.82) is 5.26 Å². The SMILES string of the molecule is N#Cc1cccc(Oc2ccc(N)c(Cl)c2)n1. The van der Waals surface area contributed by atoms with Crippen molar-refractivity contribution in [2.24, 2.45) is 0 Å². The van der Waals surface area contributed by atoms with Gasteiger partial charge in [-0.15, -0.1) is 0 Å². The number of benzene rings is 1. The minimum absolute atomic E-state index is 0.295. The lowest BCUT2D eigenvalue weighted by molar-refractivity contribution is 0.462. The van der Waals surface area contributed by atoms with Crippen LogP contribution in [0.1, 0.15) is 5.69 Å². The number of nitriles is 1. The largest absolute Gasteiger partial charge is 0.439 e. The summed E-state index contributed by atoms with van der Waals surface area (Å²) in [7, 11) is 0. The van der Waals surface area contributed by atoms with E-state index in [2.05, 4.69) is 4.98 Å². The Morgan fingerprint density at radius 3 is 2.82 bits per heavy atom. The van der Waals surface area contributed by atoms with Crippen LogP contribution in [-0.2, 0) is 0 Å². The number of ether oxygens (including phenoxy) is 1. The van der Waals surface area contributed by atoms with E-state index in [-0.39, 0.29) is 0 Å². The van der Waals surface area contributed by atoms with Crippen molar-refractivity contribution in [3.05, 3.63) is 47.1 Å². The third kappa shape index (κ3) is 2.65. The molecule has 0 amide bonds. The molecule has 1 aromatic heterocycles. The second-order valence-corrected chi connectivity index (χ2v) is 3.67. The van der Waals surface area contributed by atoms with E-state index in [0.717, 1.165) is 0 Å². The van der Waals surface area contributed by atoms with E-state index in [9.17, 15) is 0 Å². The quantitative estimate of drug-likeness (QED) is 0.826. The molecule has 0 aliphatic heterocycles. The summed E-state index contributed by atoms with van der Waals surface area (Å²) in [6.07, 6.45) is 0. The molecule has 2 N–H and O–H groups in total. The van der Waals surface area contributed by atoms with Crippen LogP contribution in [0.3, 0.4) is 0 Å². The number of hydrogen-bond donors (Lipinski definition) is 1. The van der Waals surface area contributed by atoms with Gasteiger partial charge in [-0.2, -0.15) is 5.26 Å². The van der Waals surface area contributed by atoms with Gasteiger partial charge in [0, 0.05) is 12.1 Å². The molecule has 0 aliphatic rings. The first-order chi connectivity index (χ1) is 8.19. The Hall–Kier alpha value is -2.25. The Kier molecular flexibility index (Phi) is 3.12. The Morgan fingerprint density at radius 1 is 1.29 bits per heavy atom. The monoisotopic (exact) mass is 245 g/mol. The zero-order valence-electron chi connectivity index (χ0n) is 8.72. The molecular weight excluding hydrogens is 238 g/mol. The van der Waals surface area contributed by atoms with Crippen LogP contribution in [0.4, 0.5) is 5.69 Å². The zero-order valence-corrected chi connectivity index (χ0v) is 9.48. The van der Waals surface area contributed by atoms with Crippen LogP contribution >= 0.6 is 11.6 Å². The first-order valence-electron chi connectivity index (χ1n) is 4.79. The van der Waals surface area contributed by atoms with Gasteiger partial charge in [-0.3, -0.25) is 0 Å². The summed E-state index contributed by atoms with van der Waals surface area (Å²) in [5.41, 5.74) is 6.36. The number of aromatic nitrogens is 1. The fourth-order valence-corrected chi connectivity index (χ4v) is 1.40. The predicted octanol–water partition coefficient (Wildman–Crippen LogP) is 2.98. The lowest BCUT2D eigenvalue weighted by Gasteiger charge is -2.06. The summed E-state index contributed by atoms with van der Waals surface area (Å²) in [6.45, 7) is 0. The molecule has 0 atom stereocenters. The fraction of sp³-hybridized carbons (Fsp3) is 0. The van der Waals surface area contributed by atoms with Crippen LogP contribution in [0.25, 0.3) is 0 Å². The predicted molar refractivity (Wildman–Crippen MR) is 64.9 cm³/mol. The van der Waals surface area contributed by atoms with Gasteiger partial charge >= 0.3 is 0 Å². The van der Waals surface area contributed by atoms with E-state index in [1.165, 1.54) is 0 Å². The maximum absolute atomic E-state index is 8.70. The summed E-state index contributed by atoms with van der Waals surface area (Å²) in [5.74, 6) is 0.858. The maximum atomic E-state index is 8.70. The number of nitrogen functional groups attached to an aromatic ring is 1. The highest BCUT2D eigenvalue weighted by Gasteiger charge is 2.02. The van der Waals surface area contributed by atoms with Crippen LogP contribution in [0, 0.1) is 11.3 Å². The van der Waals surface area contributed by atoms with Crippen molar-refractivity contribution in [3.8, 4) is 17.7 Å². The molecule has 0 saturated carbocycles. The first-order valence-corrected chi connectivity index (χ1v) is 5.17. The van der Waals surface area contributed by atoms with E-state index in [1.54, 1.807) is 36.4 Å². The van der Waals surface area contributed by atoms with Crippen LogP contribution in [0.2, 0.25) is 5.02 Å². The zero-order chi connectivity index (χ0) is 12.3. The van der Waals surface area contributed by atoms with Crippen molar-refractivity contribution in [1.82, 2.24) is 4.98 Å². The van der Waals surface area contributed by atoms with Gasteiger partial charge in [0.05, 0.1) is 10.7 Å². The first kappa shape index (κ1) is 11.2. The summed E-state index contributed by atoms with van der Waals surface area (Å²) in [6, 6.07) is 11.8. The molecule has 0 unspecified atom stereocenters. The van der Waals surface area contributed by atoms with Crippen molar-refractivity contribution in [2.45, 2.75) is 0 Å². The molecule has 0 aliphatic carbocycles. The summed E-state index contributed by atoms with van der Waals surface area (Å²) in [4.78, 5) is 3.98. The Morgan fingerprint density at radius 2 is 2.12 bits per heavy atom. The average molecular weight is 246 g/mol. The lowest BCUT2D eigenvalue weighted by atomic mass is 10.3. The molecule has 84 valence electrons. The van der Waals surface area contributed by atoms with Crippen LogP contribution in [0.5, 0.6) is 11.6 Å². The summed E-state index contributed by atoms with van der Waals surface area (Å²) < 4.78 is 5.45. The number of pyridine rings is 1. The van der Waals surface area contributed by atoms with E-state index >= 15 is 0 Å². The molecule has 2 rings (SSSR count). The molecule has 2 aromatic rings. The lowest BCUT2D eigenvalue weighted by Crippen LogP contribution is -1.91. The molecule has 0 fully saturated rings. The number of rotatable bonds is 2. The third-order valence-electron chi connectivity index (χ3n) is 2.03. The Bertz CT molecular complexity index is 593. The van der Waals surface area contributed by atoms with Crippen LogP contribution < -0.4 is 10.5 Å². The highest BCUT2D eigenvalue weighted by Crippen LogP contribution is 2.27. The molecule has 1 heterocycles. The molecular formula is C12H8ClN3O. The van der Waals surface area contributed by atoms with Crippen LogP contribution in [-0.4, -0.2) is 4.98 Å². The van der Waals surface area contributed by atoms with E-state index in [0.29, 0.717) is 28.0 Å². The van der Waals surface area contributed by atoms with Gasteiger partial charge in [-0.1, -0.05) is 17.7 Å². The second kappa shape index (κ2) is 4.73. The Labute approximate surface area is 103 Å². The van der Waals surface area contributed by atoms with Gasteiger partial charge < -0.3 is 10.5 Å². The smallest absolute Gasteiger partial charge is 0.220 e. The Balaban J connectivity index is 2.25. The topological polar surface area (TPSA) is 71.9 Å². The molecule has 0 spiro atoms.